The number of esters is 1. The molecule has 232 valence electrons. The zero-order valence-corrected chi connectivity index (χ0v) is 25.7. The Hall–Kier alpha value is -5.44. The molecule has 9 heteroatoms. The maximum absolute atomic E-state index is 13.7. The fraction of sp³-hybridized carbons (Fsp3) is 0.222. The second-order valence-electron chi connectivity index (χ2n) is 10.1. The molecule has 0 N–H and O–H groups in total. The second kappa shape index (κ2) is 14.4. The van der Waals surface area contributed by atoms with Gasteiger partial charge in [-0.25, -0.2) is 4.79 Å². The maximum atomic E-state index is 13.7. The Balaban J connectivity index is 1.48. The van der Waals surface area contributed by atoms with Crippen LogP contribution in [0.5, 0.6) is 28.7 Å². The molecule has 0 fully saturated rings. The molecular formula is C36H35NO8. The van der Waals surface area contributed by atoms with Crippen LogP contribution in [-0.4, -0.2) is 31.9 Å². The number of benzene rings is 4. The third-order valence-corrected chi connectivity index (χ3v) is 7.34. The van der Waals surface area contributed by atoms with Gasteiger partial charge in [-0.1, -0.05) is 36.4 Å². The number of methoxy groups -OCH3 is 3. The third-order valence-electron chi connectivity index (χ3n) is 7.34. The van der Waals surface area contributed by atoms with Gasteiger partial charge in [-0.3, -0.25) is 4.79 Å². The molecule has 0 saturated carbocycles. The molecule has 1 heterocycles. The van der Waals surface area contributed by atoms with Crippen molar-refractivity contribution in [3.05, 3.63) is 124 Å². The fourth-order valence-corrected chi connectivity index (χ4v) is 4.80. The molecule has 0 unspecified atom stereocenters. The van der Waals surface area contributed by atoms with Crippen LogP contribution in [0.15, 0.2) is 95.9 Å². The first-order valence-electron chi connectivity index (χ1n) is 14.5. The van der Waals surface area contributed by atoms with Crippen LogP contribution in [0.25, 0.3) is 10.9 Å². The van der Waals surface area contributed by atoms with Gasteiger partial charge in [-0.15, -0.1) is 0 Å². The molecule has 9 nitrogen and oxygen atoms in total. The summed E-state index contributed by atoms with van der Waals surface area (Å²) in [7, 11) is 4.81. The Bertz CT molecular complexity index is 1810. The zero-order chi connectivity index (χ0) is 31.8. The Morgan fingerprint density at radius 3 is 1.62 bits per heavy atom. The van der Waals surface area contributed by atoms with Crippen molar-refractivity contribution < 1.29 is 33.2 Å². The van der Waals surface area contributed by atoms with Gasteiger partial charge >= 0.3 is 5.97 Å². The molecule has 0 atom stereocenters. The van der Waals surface area contributed by atoms with Crippen molar-refractivity contribution in [1.29, 1.82) is 0 Å². The summed E-state index contributed by atoms with van der Waals surface area (Å²) < 4.78 is 35.7. The van der Waals surface area contributed by atoms with E-state index in [-0.39, 0.29) is 25.4 Å². The van der Waals surface area contributed by atoms with Crippen LogP contribution in [0.4, 0.5) is 0 Å². The molecule has 5 rings (SSSR count). The van der Waals surface area contributed by atoms with E-state index in [1.807, 2.05) is 60.0 Å². The normalized spacial score (nSPS) is 10.8. The molecule has 4 aromatic carbocycles. The maximum Gasteiger partial charge on any atom is 0.343 e. The first-order chi connectivity index (χ1) is 21.9. The predicted molar refractivity (Wildman–Crippen MR) is 171 cm³/mol. The predicted octanol–water partition coefficient (Wildman–Crippen LogP) is 6.56. The number of hydrogen-bond acceptors (Lipinski definition) is 8. The van der Waals surface area contributed by atoms with Crippen LogP contribution in [0.2, 0.25) is 0 Å². The summed E-state index contributed by atoms with van der Waals surface area (Å²) in [6.07, 6.45) is 1.52. The summed E-state index contributed by atoms with van der Waals surface area (Å²) in [6.45, 7) is 2.87. The molecule has 1 aromatic heterocycles. The molecule has 0 aliphatic heterocycles. The number of fused-ring (bicyclic) bond motifs is 1. The number of carbonyl (C=O) groups is 1. The monoisotopic (exact) mass is 609 g/mol. The van der Waals surface area contributed by atoms with E-state index in [1.165, 1.54) is 6.20 Å². The summed E-state index contributed by atoms with van der Waals surface area (Å²) in [5.74, 6) is 2.33. The van der Waals surface area contributed by atoms with Gasteiger partial charge in [0.25, 0.3) is 0 Å². The van der Waals surface area contributed by atoms with Gasteiger partial charge in [0.2, 0.25) is 5.43 Å². The topological polar surface area (TPSA) is 94.5 Å². The lowest BCUT2D eigenvalue weighted by molar-refractivity contribution is 0.0470. The number of carbonyl (C=O) groups excluding carboxylic acids is 1. The van der Waals surface area contributed by atoms with Gasteiger partial charge in [0.1, 0.15) is 42.6 Å². The van der Waals surface area contributed by atoms with Crippen LogP contribution in [0.3, 0.4) is 0 Å². The SMILES string of the molecule is CCn1cc(C(=O)OCc2ccc(OC)cc2)c(=O)c2ccc(OCc3ccc(OC)cc3)c(OCc3ccc(OC)cc3)c21. The molecule has 0 saturated heterocycles. The third kappa shape index (κ3) is 7.21. The highest BCUT2D eigenvalue weighted by Crippen LogP contribution is 2.36. The summed E-state index contributed by atoms with van der Waals surface area (Å²) in [5, 5.41) is 0.317. The Labute approximate surface area is 261 Å². The summed E-state index contributed by atoms with van der Waals surface area (Å²) in [4.78, 5) is 26.9. The summed E-state index contributed by atoms with van der Waals surface area (Å²) >= 11 is 0. The minimum Gasteiger partial charge on any atom is -0.497 e. The Kier molecular flexibility index (Phi) is 9.89. The van der Waals surface area contributed by atoms with Crippen LogP contribution < -0.4 is 29.1 Å². The van der Waals surface area contributed by atoms with Crippen molar-refractivity contribution in [1.82, 2.24) is 4.57 Å². The highest BCUT2D eigenvalue weighted by molar-refractivity contribution is 5.96. The smallest absolute Gasteiger partial charge is 0.343 e. The van der Waals surface area contributed by atoms with Crippen molar-refractivity contribution >= 4 is 16.9 Å². The minimum atomic E-state index is -0.708. The fourth-order valence-electron chi connectivity index (χ4n) is 4.80. The molecule has 0 aliphatic rings. The molecule has 0 radical (unpaired) electrons. The van der Waals surface area contributed by atoms with E-state index in [9.17, 15) is 9.59 Å². The number of aryl methyl sites for hydroxylation is 1. The zero-order valence-electron chi connectivity index (χ0n) is 25.7. The number of ether oxygens (including phenoxy) is 6. The van der Waals surface area contributed by atoms with Gasteiger partial charge in [-0.05, 0) is 72.1 Å². The number of aromatic nitrogens is 1. The average Bonchev–Trinajstić information content (AvgIpc) is 3.09. The van der Waals surface area contributed by atoms with Gasteiger partial charge < -0.3 is 33.0 Å². The summed E-state index contributed by atoms with van der Waals surface area (Å²) in [6, 6.07) is 25.6. The molecule has 45 heavy (non-hydrogen) atoms. The molecule has 0 amide bonds. The van der Waals surface area contributed by atoms with Crippen LogP contribution in [-0.2, 0) is 31.1 Å². The molecule has 0 aliphatic carbocycles. The lowest BCUT2D eigenvalue weighted by atomic mass is 10.1. The lowest BCUT2D eigenvalue weighted by Crippen LogP contribution is -2.21. The van der Waals surface area contributed by atoms with Gasteiger partial charge in [0, 0.05) is 12.7 Å². The van der Waals surface area contributed by atoms with E-state index in [1.54, 1.807) is 57.7 Å². The van der Waals surface area contributed by atoms with Crippen molar-refractivity contribution in [3.8, 4) is 28.7 Å². The minimum absolute atomic E-state index is 0.0147. The van der Waals surface area contributed by atoms with Crippen molar-refractivity contribution in [3.63, 3.8) is 0 Å². The van der Waals surface area contributed by atoms with Crippen LogP contribution in [0.1, 0.15) is 34.0 Å². The standard InChI is InChI=1S/C36H35NO8/c1-5-37-20-31(36(39)45-23-26-10-16-29(42-4)17-11-26)34(38)30-18-19-32(43-21-24-6-12-27(40-2)13-7-24)35(33(30)37)44-22-25-8-14-28(41-3)15-9-25/h6-20H,5,21-23H2,1-4H3. The highest BCUT2D eigenvalue weighted by atomic mass is 16.5. The lowest BCUT2D eigenvalue weighted by Gasteiger charge is -2.19. The van der Waals surface area contributed by atoms with E-state index in [0.29, 0.717) is 34.7 Å². The second-order valence-corrected chi connectivity index (χ2v) is 10.1. The first kappa shape index (κ1) is 31.0. The number of hydrogen-bond donors (Lipinski definition) is 0. The van der Waals surface area contributed by atoms with E-state index in [2.05, 4.69) is 0 Å². The van der Waals surface area contributed by atoms with E-state index < -0.39 is 11.4 Å². The van der Waals surface area contributed by atoms with Crippen LogP contribution >= 0.6 is 0 Å². The Morgan fingerprint density at radius 1 is 0.644 bits per heavy atom. The quantitative estimate of drug-likeness (QED) is 0.139. The molecule has 5 aromatic rings. The first-order valence-corrected chi connectivity index (χ1v) is 14.5. The number of nitrogens with zero attached hydrogens (tertiary/aromatic N) is 1. The summed E-state index contributed by atoms with van der Waals surface area (Å²) in [5.41, 5.74) is 2.61. The largest absolute Gasteiger partial charge is 0.497 e. The average molecular weight is 610 g/mol. The number of rotatable bonds is 13. The van der Waals surface area contributed by atoms with Crippen LogP contribution in [0, 0.1) is 0 Å². The van der Waals surface area contributed by atoms with Crippen molar-refractivity contribution in [2.24, 2.45) is 0 Å². The highest BCUT2D eigenvalue weighted by Gasteiger charge is 2.22. The molecule has 0 bridgehead atoms. The van der Waals surface area contributed by atoms with E-state index in [0.717, 1.165) is 28.2 Å². The van der Waals surface area contributed by atoms with Gasteiger partial charge in [0.05, 0.1) is 32.2 Å². The Morgan fingerprint density at radius 2 is 1.13 bits per heavy atom. The van der Waals surface area contributed by atoms with Gasteiger partial charge in [-0.2, -0.15) is 0 Å². The molecular weight excluding hydrogens is 574 g/mol. The number of pyridine rings is 1. The van der Waals surface area contributed by atoms with Gasteiger partial charge in [0.15, 0.2) is 11.5 Å². The van der Waals surface area contributed by atoms with Crippen molar-refractivity contribution in [2.75, 3.05) is 21.3 Å². The van der Waals surface area contributed by atoms with E-state index in [4.69, 9.17) is 28.4 Å². The molecule has 0 spiro atoms. The van der Waals surface area contributed by atoms with Crippen molar-refractivity contribution in [2.45, 2.75) is 33.3 Å². The van der Waals surface area contributed by atoms with E-state index >= 15 is 0 Å².